The molecule has 7 aromatic rings. The third-order valence-corrected chi connectivity index (χ3v) is 15.4. The highest BCUT2D eigenvalue weighted by Crippen LogP contribution is 2.39. The van der Waals surface area contributed by atoms with Gasteiger partial charge in [0.1, 0.15) is 22.7 Å². The molecule has 3 N–H and O–H groups in total. The van der Waals surface area contributed by atoms with Gasteiger partial charge in [0.2, 0.25) is 17.7 Å². The fourth-order valence-electron chi connectivity index (χ4n) is 10.7. The van der Waals surface area contributed by atoms with E-state index in [0.29, 0.717) is 83.2 Å². The van der Waals surface area contributed by atoms with E-state index in [-0.39, 0.29) is 42.3 Å². The molecule has 10 rings (SSSR count). The number of rotatable bonds is 15. The molecular weight excluding hydrogens is 983 g/mol. The van der Waals surface area contributed by atoms with Crippen LogP contribution in [0.5, 0.6) is 11.5 Å². The highest BCUT2D eigenvalue weighted by Gasteiger charge is 2.33. The molecule has 6 heterocycles. The van der Waals surface area contributed by atoms with Crippen LogP contribution in [0.1, 0.15) is 108 Å². The first-order valence-corrected chi connectivity index (χ1v) is 26.8. The van der Waals surface area contributed by atoms with Crippen LogP contribution >= 0.6 is 11.3 Å². The summed E-state index contributed by atoms with van der Waals surface area (Å²) in [6, 6.07) is 27.0. The van der Waals surface area contributed by atoms with Gasteiger partial charge in [-0.2, -0.15) is 5.10 Å². The summed E-state index contributed by atoms with van der Waals surface area (Å²) >= 11 is 1.44. The number of likely N-dealkylation sites (tertiary alicyclic amines) is 1. The van der Waals surface area contributed by atoms with Crippen molar-refractivity contribution in [2.24, 2.45) is 13.0 Å². The van der Waals surface area contributed by atoms with Gasteiger partial charge >= 0.3 is 5.97 Å². The van der Waals surface area contributed by atoms with Gasteiger partial charge in [-0.1, -0.05) is 41.7 Å². The summed E-state index contributed by atoms with van der Waals surface area (Å²) in [6.45, 7) is 11.1. The van der Waals surface area contributed by atoms with E-state index in [0.717, 1.165) is 82.4 Å². The molecule has 2 fully saturated rings. The summed E-state index contributed by atoms with van der Waals surface area (Å²) in [6.07, 6.45) is 5.20. The monoisotopic (exact) mass is 1050 g/mol. The molecule has 18 heteroatoms. The van der Waals surface area contributed by atoms with Crippen LogP contribution in [0, 0.1) is 12.8 Å². The molecule has 0 radical (unpaired) electrons. The molecule has 3 aliphatic heterocycles. The summed E-state index contributed by atoms with van der Waals surface area (Å²) in [5.41, 5.74) is 7.10. The zero-order valence-corrected chi connectivity index (χ0v) is 44.6. The largest absolute Gasteiger partial charge is 0.494 e. The van der Waals surface area contributed by atoms with E-state index in [2.05, 4.69) is 41.9 Å². The molecule has 76 heavy (non-hydrogen) atoms. The summed E-state index contributed by atoms with van der Waals surface area (Å²) in [4.78, 5) is 79.4. The fraction of sp³-hybridized carbons (Fsp3) is 0.379. The summed E-state index contributed by atoms with van der Waals surface area (Å²) in [5.74, 6) is 0.279. The molecule has 0 spiro atoms. The number of hydrogen-bond donors (Lipinski definition) is 3. The number of carbonyl (C=O) groups excluding carboxylic acids is 5. The number of aryl methyl sites for hydroxylation is 2. The van der Waals surface area contributed by atoms with Crippen LogP contribution in [-0.4, -0.2) is 99.7 Å². The number of esters is 1. The number of piperidine rings is 2. The lowest BCUT2D eigenvalue weighted by Crippen LogP contribution is -2.39. The van der Waals surface area contributed by atoms with Crippen molar-refractivity contribution in [2.75, 3.05) is 55.4 Å². The number of methoxy groups -OCH3 is 1. The number of aromatic nitrogens is 4. The number of amides is 4. The van der Waals surface area contributed by atoms with Crippen molar-refractivity contribution in [3.05, 3.63) is 119 Å². The predicted molar refractivity (Wildman–Crippen MR) is 293 cm³/mol. The Balaban J connectivity index is 0.729. The molecule has 0 aliphatic carbocycles. The van der Waals surface area contributed by atoms with Gasteiger partial charge in [-0.3, -0.25) is 39.4 Å². The minimum atomic E-state index is -0.745. The number of imide groups is 1. The lowest BCUT2D eigenvalue weighted by molar-refractivity contribution is -0.134. The predicted octanol–water partition coefficient (Wildman–Crippen LogP) is 9.36. The SMILES string of the molecule is COc1c(NC(=O)CN2CCC(CCCOc3ccc(-c4ccc(N5CCc6cccc(C(=O)Nc7nc8ccccc8s7)c6C5)nc4C(=O)OC(C)(C)C)c(C)c3)CC2)ccc2c(C3CCC(=O)NC3=O)nn(C)c12. The van der Waals surface area contributed by atoms with E-state index in [9.17, 15) is 24.0 Å². The standard InChI is InChI=1S/C58H63N9O8S/c1-34-31-37(74-30-10-11-35-24-27-66(28-25-35)33-49(69)59-45-21-18-41-50(42-20-23-48(68)62-55(42)71)64-65(5)52(41)53(45)73-6)16-17-38(34)39-19-22-47(61-51(39)56(72)75-58(2,3)4)67-29-26-36-12-9-13-40(43(36)32-67)54(70)63-57-60-44-14-7-8-15-46(44)76-57/h7-9,12-19,21-22,31,35,42H,10-11,20,23-30,32-33H2,1-6H3,(H,59,69)(H,60,63,70)(H,62,68,71). The van der Waals surface area contributed by atoms with E-state index < -0.39 is 17.5 Å². The first-order chi connectivity index (χ1) is 36.6. The van der Waals surface area contributed by atoms with E-state index in [4.69, 9.17) is 19.2 Å². The second-order valence-electron chi connectivity index (χ2n) is 20.9. The highest BCUT2D eigenvalue weighted by molar-refractivity contribution is 7.22. The molecule has 2 saturated heterocycles. The first-order valence-electron chi connectivity index (χ1n) is 26.0. The van der Waals surface area contributed by atoms with Crippen molar-refractivity contribution in [1.29, 1.82) is 0 Å². The van der Waals surface area contributed by atoms with Crippen LogP contribution in [0.15, 0.2) is 84.9 Å². The van der Waals surface area contributed by atoms with Crippen LogP contribution in [-0.2, 0) is 39.1 Å². The molecular formula is C58H63N9O8S. The van der Waals surface area contributed by atoms with E-state index in [1.54, 1.807) is 24.9 Å². The van der Waals surface area contributed by atoms with Gasteiger partial charge in [0, 0.05) is 43.1 Å². The van der Waals surface area contributed by atoms with E-state index in [1.165, 1.54) is 11.3 Å². The summed E-state index contributed by atoms with van der Waals surface area (Å²) in [7, 11) is 3.32. The Hall–Kier alpha value is -7.70. The van der Waals surface area contributed by atoms with Gasteiger partial charge in [-0.25, -0.2) is 14.8 Å². The van der Waals surface area contributed by atoms with Crippen LogP contribution in [0.25, 0.3) is 32.2 Å². The number of benzene rings is 4. The number of thiazole rings is 1. The van der Waals surface area contributed by atoms with Gasteiger partial charge in [-0.15, -0.1) is 0 Å². The molecule has 4 aromatic carbocycles. The molecule has 4 amide bonds. The zero-order valence-electron chi connectivity index (χ0n) is 43.8. The molecule has 1 atom stereocenters. The number of nitrogens with zero attached hydrogens (tertiary/aromatic N) is 6. The topological polar surface area (TPSA) is 199 Å². The minimum absolute atomic E-state index is 0.142. The van der Waals surface area contributed by atoms with Gasteiger partial charge in [0.25, 0.3) is 5.91 Å². The van der Waals surface area contributed by atoms with Gasteiger partial charge in [-0.05, 0) is 162 Å². The lowest BCUT2D eigenvalue weighted by atomic mass is 9.92. The molecule has 3 aliphatic rings. The summed E-state index contributed by atoms with van der Waals surface area (Å²) in [5, 5.41) is 14.4. The number of carbonyl (C=O) groups is 5. The fourth-order valence-corrected chi connectivity index (χ4v) is 11.6. The molecule has 0 bridgehead atoms. The molecule has 3 aromatic heterocycles. The lowest BCUT2D eigenvalue weighted by Gasteiger charge is -2.31. The second kappa shape index (κ2) is 21.9. The van der Waals surface area contributed by atoms with Gasteiger partial charge < -0.3 is 24.4 Å². The van der Waals surface area contributed by atoms with Crippen molar-refractivity contribution in [3.8, 4) is 22.6 Å². The maximum absolute atomic E-state index is 14.0. The second-order valence-corrected chi connectivity index (χ2v) is 21.9. The highest BCUT2D eigenvalue weighted by atomic mass is 32.1. The van der Waals surface area contributed by atoms with Crippen molar-refractivity contribution >= 4 is 78.7 Å². The van der Waals surface area contributed by atoms with Crippen LogP contribution in [0.4, 0.5) is 16.6 Å². The third kappa shape index (κ3) is 11.3. The van der Waals surface area contributed by atoms with Crippen molar-refractivity contribution in [3.63, 3.8) is 0 Å². The van der Waals surface area contributed by atoms with Crippen LogP contribution < -0.4 is 30.3 Å². The zero-order chi connectivity index (χ0) is 53.3. The third-order valence-electron chi connectivity index (χ3n) is 14.5. The average molecular weight is 1050 g/mol. The first kappa shape index (κ1) is 51.8. The number of para-hydroxylation sites is 1. The van der Waals surface area contributed by atoms with Gasteiger partial charge in [0.05, 0.1) is 47.8 Å². The Morgan fingerprint density at radius 2 is 1.68 bits per heavy atom. The maximum Gasteiger partial charge on any atom is 0.358 e. The molecule has 394 valence electrons. The molecule has 17 nitrogen and oxygen atoms in total. The minimum Gasteiger partial charge on any atom is -0.494 e. The van der Waals surface area contributed by atoms with Crippen molar-refractivity contribution in [1.82, 2.24) is 30.0 Å². The quantitative estimate of drug-likeness (QED) is 0.0499. The number of hydrogen-bond acceptors (Lipinski definition) is 14. The van der Waals surface area contributed by atoms with Crippen LogP contribution in [0.2, 0.25) is 0 Å². The number of anilines is 3. The average Bonchev–Trinajstić information content (AvgIpc) is 3.98. The maximum atomic E-state index is 14.0. The van der Waals surface area contributed by atoms with E-state index >= 15 is 0 Å². The van der Waals surface area contributed by atoms with Crippen LogP contribution in [0.3, 0.4) is 0 Å². The molecule has 1 unspecified atom stereocenters. The number of ether oxygens (including phenoxy) is 3. The molecule has 0 saturated carbocycles. The van der Waals surface area contributed by atoms with Crippen molar-refractivity contribution < 1.29 is 38.2 Å². The summed E-state index contributed by atoms with van der Waals surface area (Å²) < 4.78 is 20.7. The van der Waals surface area contributed by atoms with Gasteiger partial charge in [0.15, 0.2) is 16.6 Å². The number of nitrogens with one attached hydrogen (secondary N) is 3. The number of fused-ring (bicyclic) bond motifs is 3. The Morgan fingerprint density at radius 3 is 2.45 bits per heavy atom. The smallest absolute Gasteiger partial charge is 0.358 e. The Labute approximate surface area is 445 Å². The van der Waals surface area contributed by atoms with Crippen molar-refractivity contribution in [2.45, 2.75) is 90.7 Å². The Morgan fingerprint density at radius 1 is 0.882 bits per heavy atom. The van der Waals surface area contributed by atoms with E-state index in [1.807, 2.05) is 100 Å². The Kier molecular flexibility index (Phi) is 14.9. The number of pyridine rings is 1. The Bertz CT molecular complexity index is 3360. The normalized spacial score (nSPS) is 16.3.